The zero-order valence-electron chi connectivity index (χ0n) is 7.53. The monoisotopic (exact) mass is 215 g/mol. The largest absolute Gasteiger partial charge is 0.480 e. The van der Waals surface area contributed by atoms with Crippen LogP contribution in [-0.2, 0) is 4.79 Å². The quantitative estimate of drug-likeness (QED) is 0.752. The van der Waals surface area contributed by atoms with Crippen LogP contribution in [0.2, 0.25) is 0 Å². The molecule has 3 nitrogen and oxygen atoms in total. The van der Waals surface area contributed by atoms with Crippen LogP contribution in [-0.4, -0.2) is 17.3 Å². The van der Waals surface area contributed by atoms with Gasteiger partial charge in [-0.1, -0.05) is 0 Å². The van der Waals surface area contributed by atoms with Crippen LogP contribution >= 0.6 is 11.8 Å². The van der Waals surface area contributed by atoms with E-state index < -0.39 is 17.8 Å². The van der Waals surface area contributed by atoms with Gasteiger partial charge in [0, 0.05) is 4.90 Å². The summed E-state index contributed by atoms with van der Waals surface area (Å²) in [4.78, 5) is 11.3. The molecule has 14 heavy (non-hydrogen) atoms. The van der Waals surface area contributed by atoms with Gasteiger partial charge in [0.15, 0.2) is 0 Å². The minimum atomic E-state index is -1.17. The lowest BCUT2D eigenvalue weighted by Gasteiger charge is -2.11. The van der Waals surface area contributed by atoms with Gasteiger partial charge in [0.2, 0.25) is 0 Å². The number of carboxylic acid groups (broad SMARTS) is 1. The first-order chi connectivity index (χ1) is 6.56. The first-order valence-corrected chi connectivity index (χ1v) is 5.10. The van der Waals surface area contributed by atoms with Crippen molar-refractivity contribution in [3.63, 3.8) is 0 Å². The summed E-state index contributed by atoms with van der Waals surface area (Å²) in [5, 5.41) is 8.69. The van der Waals surface area contributed by atoms with Crippen molar-refractivity contribution in [2.24, 2.45) is 5.73 Å². The molecule has 0 fully saturated rings. The van der Waals surface area contributed by atoms with Gasteiger partial charge in [0.1, 0.15) is 11.9 Å². The lowest BCUT2D eigenvalue weighted by Crippen LogP contribution is -2.21. The highest BCUT2D eigenvalue weighted by Crippen LogP contribution is 2.25. The highest BCUT2D eigenvalue weighted by atomic mass is 32.2. The van der Waals surface area contributed by atoms with Crippen molar-refractivity contribution in [2.75, 3.05) is 6.26 Å². The van der Waals surface area contributed by atoms with Gasteiger partial charge >= 0.3 is 5.97 Å². The number of hydrogen-bond donors (Lipinski definition) is 2. The van der Waals surface area contributed by atoms with E-state index in [0.717, 1.165) is 6.07 Å². The molecule has 0 saturated heterocycles. The normalized spacial score (nSPS) is 12.5. The van der Waals surface area contributed by atoms with E-state index in [1.54, 1.807) is 6.26 Å². The number of thioether (sulfide) groups is 1. The molecule has 5 heteroatoms. The zero-order valence-corrected chi connectivity index (χ0v) is 8.34. The summed E-state index contributed by atoms with van der Waals surface area (Å²) in [5.41, 5.74) is 5.71. The molecule has 0 aromatic heterocycles. The minimum absolute atomic E-state index is 0.310. The Kier molecular flexibility index (Phi) is 3.49. The van der Waals surface area contributed by atoms with Crippen LogP contribution in [0.5, 0.6) is 0 Å². The average molecular weight is 215 g/mol. The molecule has 0 saturated carbocycles. The summed E-state index contributed by atoms with van der Waals surface area (Å²) in [6.07, 6.45) is 1.78. The van der Waals surface area contributed by atoms with Crippen molar-refractivity contribution < 1.29 is 14.3 Å². The van der Waals surface area contributed by atoms with E-state index in [4.69, 9.17) is 10.8 Å². The maximum absolute atomic E-state index is 12.8. The molecule has 0 aliphatic heterocycles. The second-order valence-corrected chi connectivity index (χ2v) is 3.55. The van der Waals surface area contributed by atoms with Crippen LogP contribution in [0.3, 0.4) is 0 Å². The summed E-state index contributed by atoms with van der Waals surface area (Å²) in [7, 11) is 0. The topological polar surface area (TPSA) is 63.3 Å². The van der Waals surface area contributed by atoms with E-state index >= 15 is 0 Å². The summed E-state index contributed by atoms with van der Waals surface area (Å²) in [6.45, 7) is 0. The molecule has 76 valence electrons. The fourth-order valence-corrected chi connectivity index (χ4v) is 1.71. The molecule has 3 N–H and O–H groups in total. The minimum Gasteiger partial charge on any atom is -0.480 e. The molecule has 0 bridgehead atoms. The first-order valence-electron chi connectivity index (χ1n) is 3.88. The Labute approximate surface area is 85.1 Å². The van der Waals surface area contributed by atoms with Crippen LogP contribution in [0.1, 0.15) is 11.6 Å². The maximum atomic E-state index is 12.8. The van der Waals surface area contributed by atoms with Crippen LogP contribution in [0.15, 0.2) is 23.1 Å². The zero-order chi connectivity index (χ0) is 10.7. The Balaban J connectivity index is 3.16. The molecular weight excluding hydrogens is 205 g/mol. The number of benzene rings is 1. The van der Waals surface area contributed by atoms with Crippen LogP contribution < -0.4 is 5.73 Å². The fourth-order valence-electron chi connectivity index (χ4n) is 1.08. The molecular formula is C9H10FNO2S. The second kappa shape index (κ2) is 4.43. The number of rotatable bonds is 3. The van der Waals surface area contributed by atoms with Gasteiger partial charge in [-0.25, -0.2) is 4.39 Å². The number of halogens is 1. The third-order valence-electron chi connectivity index (χ3n) is 1.79. The molecule has 1 aromatic carbocycles. The Morgan fingerprint density at radius 1 is 1.64 bits per heavy atom. The lowest BCUT2D eigenvalue weighted by atomic mass is 10.1. The number of nitrogens with two attached hydrogens (primary N) is 1. The molecule has 1 rings (SSSR count). The maximum Gasteiger partial charge on any atom is 0.325 e. The summed E-state index contributed by atoms with van der Waals surface area (Å²) in [5.74, 6) is -1.64. The molecule has 0 aliphatic carbocycles. The molecule has 1 aromatic rings. The average Bonchev–Trinajstić information content (AvgIpc) is 2.16. The van der Waals surface area contributed by atoms with Crippen LogP contribution in [0.4, 0.5) is 4.39 Å². The highest BCUT2D eigenvalue weighted by Gasteiger charge is 2.18. The van der Waals surface area contributed by atoms with E-state index in [-0.39, 0.29) is 0 Å². The van der Waals surface area contributed by atoms with Crippen LogP contribution in [0.25, 0.3) is 0 Å². The van der Waals surface area contributed by atoms with Gasteiger partial charge in [-0.05, 0) is 30.0 Å². The summed E-state index contributed by atoms with van der Waals surface area (Å²) >= 11 is 1.34. The van der Waals surface area contributed by atoms with E-state index in [1.807, 2.05) is 0 Å². The van der Waals surface area contributed by atoms with Crippen molar-refractivity contribution >= 4 is 17.7 Å². The molecule has 0 heterocycles. The van der Waals surface area contributed by atoms with Crippen molar-refractivity contribution in [1.29, 1.82) is 0 Å². The predicted octanol–water partition coefficient (Wildman–Crippen LogP) is 1.63. The van der Waals surface area contributed by atoms with Crippen molar-refractivity contribution in [2.45, 2.75) is 10.9 Å². The molecule has 1 atom stereocenters. The Morgan fingerprint density at radius 3 is 2.79 bits per heavy atom. The Bertz CT molecular complexity index is 357. The van der Waals surface area contributed by atoms with Gasteiger partial charge in [-0.15, -0.1) is 11.8 Å². The molecule has 0 amide bonds. The number of carbonyl (C=O) groups is 1. The second-order valence-electron chi connectivity index (χ2n) is 2.70. The van der Waals surface area contributed by atoms with Crippen molar-refractivity contribution in [3.8, 4) is 0 Å². The molecule has 1 unspecified atom stereocenters. The van der Waals surface area contributed by atoms with E-state index in [9.17, 15) is 9.18 Å². The van der Waals surface area contributed by atoms with Gasteiger partial charge in [0.25, 0.3) is 0 Å². The number of carboxylic acids is 1. The molecule has 0 radical (unpaired) electrons. The SMILES string of the molecule is CSc1ccc(F)cc1C(N)C(=O)O. The molecule has 0 aliphatic rings. The van der Waals surface area contributed by atoms with E-state index in [2.05, 4.69) is 0 Å². The number of aliphatic carboxylic acids is 1. The smallest absolute Gasteiger partial charge is 0.325 e. The third-order valence-corrected chi connectivity index (χ3v) is 2.60. The summed E-state index contributed by atoms with van der Waals surface area (Å²) < 4.78 is 12.8. The van der Waals surface area contributed by atoms with Gasteiger partial charge in [-0.2, -0.15) is 0 Å². The predicted molar refractivity (Wildman–Crippen MR) is 52.7 cm³/mol. The van der Waals surface area contributed by atoms with Gasteiger partial charge in [0.05, 0.1) is 0 Å². The summed E-state index contributed by atoms with van der Waals surface area (Å²) in [6, 6.07) is 2.79. The molecule has 0 spiro atoms. The lowest BCUT2D eigenvalue weighted by molar-refractivity contribution is -0.138. The van der Waals surface area contributed by atoms with Crippen LogP contribution in [0, 0.1) is 5.82 Å². The van der Waals surface area contributed by atoms with E-state index in [1.165, 1.54) is 23.9 Å². The fraction of sp³-hybridized carbons (Fsp3) is 0.222. The van der Waals surface area contributed by atoms with Crippen molar-refractivity contribution in [1.82, 2.24) is 0 Å². The third kappa shape index (κ3) is 2.24. The van der Waals surface area contributed by atoms with Crippen molar-refractivity contribution in [3.05, 3.63) is 29.6 Å². The van der Waals surface area contributed by atoms with Gasteiger partial charge in [-0.3, -0.25) is 4.79 Å². The van der Waals surface area contributed by atoms with E-state index in [0.29, 0.717) is 10.5 Å². The first kappa shape index (κ1) is 11.0. The highest BCUT2D eigenvalue weighted by molar-refractivity contribution is 7.98. The Morgan fingerprint density at radius 2 is 2.29 bits per heavy atom. The number of hydrogen-bond acceptors (Lipinski definition) is 3. The standard InChI is InChI=1S/C9H10FNO2S/c1-14-7-3-2-5(10)4-6(7)8(11)9(12)13/h2-4,8H,11H2,1H3,(H,12,13). The van der Waals surface area contributed by atoms with Gasteiger partial charge < -0.3 is 10.8 Å². The Hall–Kier alpha value is -1.07.